The molecule has 0 aliphatic carbocycles. The molecule has 0 aliphatic heterocycles. The van der Waals surface area contributed by atoms with Crippen molar-refractivity contribution in [3.63, 3.8) is 0 Å². The zero-order valence-electron chi connectivity index (χ0n) is 10.5. The summed E-state index contributed by atoms with van der Waals surface area (Å²) in [6.07, 6.45) is 1.73. The number of carboxylic acid groups (broad SMARTS) is 1. The molecule has 1 N–H and O–H groups in total. The molecule has 0 fully saturated rings. The molecule has 1 aromatic heterocycles. The van der Waals surface area contributed by atoms with Gasteiger partial charge in [0, 0.05) is 16.6 Å². The molecule has 0 saturated heterocycles. The number of carbonyl (C=O) groups is 1. The van der Waals surface area contributed by atoms with Crippen LogP contribution >= 0.6 is 27.7 Å². The van der Waals surface area contributed by atoms with Gasteiger partial charge in [-0.3, -0.25) is 9.36 Å². The summed E-state index contributed by atoms with van der Waals surface area (Å²) in [6, 6.07) is 7.71. The highest BCUT2D eigenvalue weighted by atomic mass is 79.9. The van der Waals surface area contributed by atoms with Gasteiger partial charge in [-0.25, -0.2) is 0 Å². The average Bonchev–Trinajstić information content (AvgIpc) is 2.81. The molecular weight excluding hydrogens is 342 g/mol. The van der Waals surface area contributed by atoms with Crippen LogP contribution in [0.2, 0.25) is 0 Å². The van der Waals surface area contributed by atoms with Gasteiger partial charge >= 0.3 is 5.97 Å². The lowest BCUT2D eigenvalue weighted by atomic mass is 10.2. The van der Waals surface area contributed by atoms with Gasteiger partial charge < -0.3 is 5.11 Å². The molecule has 0 amide bonds. The second-order valence-corrected chi connectivity index (χ2v) is 5.75. The molecule has 5 nitrogen and oxygen atoms in total. The molecule has 0 spiro atoms. The lowest BCUT2D eigenvalue weighted by Crippen LogP contribution is -2.03. The number of benzene rings is 1. The minimum absolute atomic E-state index is 0.0460. The van der Waals surface area contributed by atoms with Crippen LogP contribution in [0.15, 0.2) is 46.5 Å². The van der Waals surface area contributed by atoms with Crippen LogP contribution in [-0.4, -0.2) is 31.6 Å². The summed E-state index contributed by atoms with van der Waals surface area (Å²) in [6.45, 7) is 4.24. The Kier molecular flexibility index (Phi) is 4.97. The minimum Gasteiger partial charge on any atom is -0.481 e. The van der Waals surface area contributed by atoms with Crippen molar-refractivity contribution in [3.8, 4) is 11.4 Å². The van der Waals surface area contributed by atoms with Crippen LogP contribution in [0.4, 0.5) is 0 Å². The molecule has 0 aliphatic rings. The van der Waals surface area contributed by atoms with Crippen LogP contribution in [0.5, 0.6) is 0 Å². The summed E-state index contributed by atoms with van der Waals surface area (Å²) in [5, 5.41) is 17.5. The lowest BCUT2D eigenvalue weighted by molar-refractivity contribution is -0.133. The summed E-state index contributed by atoms with van der Waals surface area (Å²) < 4.78 is 2.83. The zero-order chi connectivity index (χ0) is 14.5. The quantitative estimate of drug-likeness (QED) is 0.638. The maximum atomic E-state index is 10.7. The van der Waals surface area contributed by atoms with E-state index < -0.39 is 5.97 Å². The maximum Gasteiger partial charge on any atom is 0.313 e. The normalized spacial score (nSPS) is 10.4. The Balaban J connectivity index is 2.35. The number of aliphatic carboxylic acids is 1. The monoisotopic (exact) mass is 353 g/mol. The third-order valence-electron chi connectivity index (χ3n) is 2.46. The first-order chi connectivity index (χ1) is 9.61. The maximum absolute atomic E-state index is 10.7. The first kappa shape index (κ1) is 14.8. The number of hydrogen-bond donors (Lipinski definition) is 1. The smallest absolute Gasteiger partial charge is 0.313 e. The molecule has 0 bridgehead atoms. The molecule has 0 unspecified atom stereocenters. The van der Waals surface area contributed by atoms with Crippen LogP contribution in [0.3, 0.4) is 0 Å². The van der Waals surface area contributed by atoms with E-state index in [0.29, 0.717) is 17.5 Å². The highest BCUT2D eigenvalue weighted by molar-refractivity contribution is 9.10. The first-order valence-corrected chi connectivity index (χ1v) is 7.54. The van der Waals surface area contributed by atoms with E-state index in [1.165, 1.54) is 0 Å². The Morgan fingerprint density at radius 1 is 1.40 bits per heavy atom. The van der Waals surface area contributed by atoms with Crippen molar-refractivity contribution in [2.24, 2.45) is 0 Å². The number of hydrogen-bond acceptors (Lipinski definition) is 4. The van der Waals surface area contributed by atoms with E-state index in [9.17, 15) is 4.79 Å². The highest BCUT2D eigenvalue weighted by Gasteiger charge is 2.14. The zero-order valence-corrected chi connectivity index (χ0v) is 12.9. The number of rotatable bonds is 6. The van der Waals surface area contributed by atoms with Gasteiger partial charge in [0.25, 0.3) is 0 Å². The molecule has 2 rings (SSSR count). The fourth-order valence-electron chi connectivity index (χ4n) is 1.63. The predicted molar refractivity (Wildman–Crippen MR) is 81.7 cm³/mol. The molecule has 2 aromatic rings. The van der Waals surface area contributed by atoms with Crippen molar-refractivity contribution in [2.75, 3.05) is 5.75 Å². The van der Waals surface area contributed by atoms with Crippen molar-refractivity contribution < 1.29 is 9.90 Å². The number of nitrogens with zero attached hydrogens (tertiary/aromatic N) is 3. The number of thioether (sulfide) groups is 1. The van der Waals surface area contributed by atoms with E-state index in [0.717, 1.165) is 21.8 Å². The summed E-state index contributed by atoms with van der Waals surface area (Å²) in [4.78, 5) is 10.7. The van der Waals surface area contributed by atoms with E-state index in [4.69, 9.17) is 5.11 Å². The molecule has 1 aromatic carbocycles. The SMILES string of the molecule is C=CCn1c(SCC(=O)O)nnc1-c1ccc(Br)cc1. The van der Waals surface area contributed by atoms with Crippen molar-refractivity contribution in [2.45, 2.75) is 11.7 Å². The summed E-state index contributed by atoms with van der Waals surface area (Å²) >= 11 is 4.53. The summed E-state index contributed by atoms with van der Waals surface area (Å²) in [5.74, 6) is -0.228. The number of carboxylic acids is 1. The minimum atomic E-state index is -0.881. The highest BCUT2D eigenvalue weighted by Crippen LogP contribution is 2.25. The van der Waals surface area contributed by atoms with Crippen LogP contribution in [-0.2, 0) is 11.3 Å². The van der Waals surface area contributed by atoms with Gasteiger partial charge in [0.05, 0.1) is 5.75 Å². The van der Waals surface area contributed by atoms with Crippen LogP contribution in [0.1, 0.15) is 0 Å². The topological polar surface area (TPSA) is 68.0 Å². The Morgan fingerprint density at radius 2 is 2.10 bits per heavy atom. The van der Waals surface area contributed by atoms with Gasteiger partial charge in [-0.15, -0.1) is 16.8 Å². The van der Waals surface area contributed by atoms with Crippen molar-refractivity contribution in [1.29, 1.82) is 0 Å². The Labute approximate surface area is 128 Å². The molecule has 20 heavy (non-hydrogen) atoms. The molecule has 1 heterocycles. The number of halogens is 1. The molecule has 0 radical (unpaired) electrons. The third-order valence-corrected chi connectivity index (χ3v) is 3.94. The van der Waals surface area contributed by atoms with Crippen LogP contribution in [0, 0.1) is 0 Å². The van der Waals surface area contributed by atoms with Crippen molar-refractivity contribution in [3.05, 3.63) is 41.4 Å². The average molecular weight is 354 g/mol. The fraction of sp³-hybridized carbons (Fsp3) is 0.154. The van der Waals surface area contributed by atoms with Crippen molar-refractivity contribution in [1.82, 2.24) is 14.8 Å². The standard InChI is InChI=1S/C13H12BrN3O2S/c1-2-7-17-12(9-3-5-10(14)6-4-9)15-16-13(17)20-8-11(18)19/h2-6H,1,7-8H2,(H,18,19). The third kappa shape index (κ3) is 3.49. The Hall–Kier alpha value is -1.60. The second kappa shape index (κ2) is 6.71. The van der Waals surface area contributed by atoms with E-state index in [-0.39, 0.29) is 5.75 Å². The fourth-order valence-corrected chi connectivity index (χ4v) is 2.56. The molecular formula is C13H12BrN3O2S. The number of allylic oxidation sites excluding steroid dienone is 1. The van der Waals surface area contributed by atoms with Crippen molar-refractivity contribution >= 4 is 33.7 Å². The van der Waals surface area contributed by atoms with Crippen LogP contribution < -0.4 is 0 Å². The van der Waals surface area contributed by atoms with Crippen LogP contribution in [0.25, 0.3) is 11.4 Å². The van der Waals surface area contributed by atoms with E-state index in [2.05, 4.69) is 32.7 Å². The summed E-state index contributed by atoms with van der Waals surface area (Å²) in [7, 11) is 0. The predicted octanol–water partition coefficient (Wildman–Crippen LogP) is 3.07. The van der Waals surface area contributed by atoms with Gasteiger partial charge in [-0.1, -0.05) is 45.9 Å². The first-order valence-electron chi connectivity index (χ1n) is 5.76. The summed E-state index contributed by atoms with van der Waals surface area (Å²) in [5.41, 5.74) is 0.921. The van der Waals surface area contributed by atoms with Gasteiger partial charge in [-0.05, 0) is 12.1 Å². The largest absolute Gasteiger partial charge is 0.481 e. The molecule has 104 valence electrons. The molecule has 0 atom stereocenters. The van der Waals surface area contributed by atoms with Gasteiger partial charge in [-0.2, -0.15) is 0 Å². The van der Waals surface area contributed by atoms with E-state index in [1.54, 1.807) is 6.08 Å². The van der Waals surface area contributed by atoms with Gasteiger partial charge in [0.1, 0.15) is 0 Å². The second-order valence-electron chi connectivity index (χ2n) is 3.89. The Bertz CT molecular complexity index is 625. The molecule has 7 heteroatoms. The van der Waals surface area contributed by atoms with E-state index >= 15 is 0 Å². The molecule has 0 saturated carbocycles. The van der Waals surface area contributed by atoms with E-state index in [1.807, 2.05) is 28.8 Å². The Morgan fingerprint density at radius 3 is 2.70 bits per heavy atom. The van der Waals surface area contributed by atoms with Gasteiger partial charge in [0.2, 0.25) is 0 Å². The van der Waals surface area contributed by atoms with Gasteiger partial charge in [0.15, 0.2) is 11.0 Å². The lowest BCUT2D eigenvalue weighted by Gasteiger charge is -2.07. The number of aromatic nitrogens is 3.